The summed E-state index contributed by atoms with van der Waals surface area (Å²) in [6.45, 7) is 0.640. The Hall–Kier alpha value is -2.75. The molecule has 0 aliphatic carbocycles. The van der Waals surface area contributed by atoms with E-state index in [0.29, 0.717) is 18.0 Å². The molecule has 0 atom stereocenters. The molecule has 5 heteroatoms. The normalized spacial score (nSPS) is 10.0. The van der Waals surface area contributed by atoms with Crippen molar-refractivity contribution in [2.75, 3.05) is 0 Å². The molecular weight excluding hydrogens is 294 g/mol. The lowest BCUT2D eigenvalue weighted by atomic mass is 10.2. The molecule has 0 amide bonds. The van der Waals surface area contributed by atoms with Gasteiger partial charge >= 0.3 is 0 Å². The number of hydrogen-bond acceptors (Lipinski definition) is 3. The van der Waals surface area contributed by atoms with Crippen LogP contribution in [0.5, 0.6) is 0 Å². The molecule has 1 heterocycles. The Morgan fingerprint density at radius 2 is 1.68 bits per heavy atom. The largest absolute Gasteiger partial charge is 0.294 e. The van der Waals surface area contributed by atoms with Crippen molar-refractivity contribution < 1.29 is 4.79 Å². The molecule has 3 rings (SSSR count). The Morgan fingerprint density at radius 3 is 2.36 bits per heavy atom. The molecule has 0 bridgehead atoms. The molecule has 0 fully saturated rings. The fourth-order valence-electron chi connectivity index (χ4n) is 2.15. The minimum atomic E-state index is 0.633. The molecule has 0 unspecified atom stereocenters. The van der Waals surface area contributed by atoms with Crippen molar-refractivity contribution in [1.82, 2.24) is 14.8 Å². The van der Waals surface area contributed by atoms with Crippen molar-refractivity contribution in [3.05, 3.63) is 66.2 Å². The molecule has 22 heavy (non-hydrogen) atoms. The van der Waals surface area contributed by atoms with Gasteiger partial charge in [-0.05, 0) is 21.9 Å². The Labute approximate surface area is 132 Å². The Balaban J connectivity index is 2.07. The van der Waals surface area contributed by atoms with Crippen molar-refractivity contribution >= 4 is 17.5 Å². The summed E-state index contributed by atoms with van der Waals surface area (Å²) in [6, 6.07) is 20.0. The third-order valence-electron chi connectivity index (χ3n) is 3.13. The van der Waals surface area contributed by atoms with Gasteiger partial charge in [0.1, 0.15) is 0 Å². The summed E-state index contributed by atoms with van der Waals surface area (Å²) in [5.41, 5.74) is 2.14. The van der Waals surface area contributed by atoms with E-state index in [9.17, 15) is 4.79 Å². The summed E-state index contributed by atoms with van der Waals surface area (Å²) >= 11 is 1.15. The van der Waals surface area contributed by atoms with Gasteiger partial charge in [0.15, 0.2) is 12.1 Å². The van der Waals surface area contributed by atoms with Gasteiger partial charge in [-0.1, -0.05) is 60.7 Å². The molecule has 3 aromatic rings. The highest BCUT2D eigenvalue weighted by Gasteiger charge is 2.12. The first kappa shape index (κ1) is 14.2. The first-order chi connectivity index (χ1) is 10.9. The third kappa shape index (κ3) is 3.11. The summed E-state index contributed by atoms with van der Waals surface area (Å²) in [6.07, 6.45) is 0.633. The number of carbonyl (C=O) groups excluding carboxylic acids is 1. The molecular formula is C17H13N3OS. The predicted molar refractivity (Wildman–Crippen MR) is 86.8 cm³/mol. The van der Waals surface area contributed by atoms with Gasteiger partial charge in [0.2, 0.25) is 5.16 Å². The Morgan fingerprint density at radius 1 is 1.00 bits per heavy atom. The highest BCUT2D eigenvalue weighted by atomic mass is 32.1. The lowest BCUT2D eigenvalue weighted by molar-refractivity contribution is -0.103. The van der Waals surface area contributed by atoms with E-state index in [4.69, 9.17) is 0 Å². The van der Waals surface area contributed by atoms with Crippen LogP contribution in [-0.2, 0) is 11.3 Å². The molecule has 0 aliphatic rings. The van der Waals surface area contributed by atoms with Crippen molar-refractivity contribution in [3.8, 4) is 16.6 Å². The van der Waals surface area contributed by atoms with Gasteiger partial charge in [0.05, 0.1) is 6.54 Å². The van der Waals surface area contributed by atoms with Crippen LogP contribution in [0.1, 0.15) is 5.56 Å². The van der Waals surface area contributed by atoms with Crippen LogP contribution in [0.2, 0.25) is 0 Å². The van der Waals surface area contributed by atoms with Crippen molar-refractivity contribution in [1.29, 1.82) is 0 Å². The van der Waals surface area contributed by atoms with E-state index in [2.05, 4.69) is 27.5 Å². The molecule has 0 saturated carbocycles. The zero-order valence-electron chi connectivity index (χ0n) is 11.7. The van der Waals surface area contributed by atoms with Crippen LogP contribution in [0.25, 0.3) is 11.4 Å². The second-order valence-corrected chi connectivity index (χ2v) is 5.39. The molecule has 0 saturated heterocycles. The quantitative estimate of drug-likeness (QED) is 0.698. The highest BCUT2D eigenvalue weighted by Crippen LogP contribution is 2.21. The summed E-state index contributed by atoms with van der Waals surface area (Å²) in [5.74, 6) is 0.777. The first-order valence-electron chi connectivity index (χ1n) is 6.77. The van der Waals surface area contributed by atoms with E-state index in [1.54, 1.807) is 0 Å². The van der Waals surface area contributed by atoms with Gasteiger partial charge in [0.25, 0.3) is 0 Å². The summed E-state index contributed by atoms with van der Waals surface area (Å²) in [5, 5.41) is 11.7. The lowest BCUT2D eigenvalue weighted by Gasteiger charge is -2.08. The fourth-order valence-corrected chi connectivity index (χ4v) is 2.65. The van der Waals surface area contributed by atoms with E-state index in [1.807, 2.05) is 53.1 Å². The first-order valence-corrected chi connectivity index (χ1v) is 7.58. The van der Waals surface area contributed by atoms with Gasteiger partial charge in [0, 0.05) is 5.56 Å². The van der Waals surface area contributed by atoms with Gasteiger partial charge in [-0.15, -0.1) is 10.2 Å². The van der Waals surface area contributed by atoms with Crippen LogP contribution in [0, 0.1) is 5.18 Å². The maximum absolute atomic E-state index is 10.5. The van der Waals surface area contributed by atoms with Crippen LogP contribution in [0.3, 0.4) is 0 Å². The highest BCUT2D eigenvalue weighted by molar-refractivity contribution is 7.88. The second kappa shape index (κ2) is 6.80. The summed E-state index contributed by atoms with van der Waals surface area (Å²) in [4.78, 5) is 10.5. The molecule has 4 nitrogen and oxygen atoms in total. The van der Waals surface area contributed by atoms with Crippen molar-refractivity contribution in [2.45, 2.75) is 11.7 Å². The lowest BCUT2D eigenvalue weighted by Crippen LogP contribution is -2.03. The average Bonchev–Trinajstić information content (AvgIpc) is 2.97. The van der Waals surface area contributed by atoms with Gasteiger partial charge < -0.3 is 0 Å². The fraction of sp³-hybridized carbons (Fsp3) is 0.0588. The van der Waals surface area contributed by atoms with Crippen LogP contribution in [0.15, 0.2) is 65.8 Å². The number of aromatic nitrogens is 3. The number of rotatable bonds is 3. The smallest absolute Gasteiger partial charge is 0.220 e. The average molecular weight is 307 g/mol. The van der Waals surface area contributed by atoms with Crippen molar-refractivity contribution in [2.24, 2.45) is 0 Å². The van der Waals surface area contributed by atoms with Gasteiger partial charge in [-0.3, -0.25) is 9.36 Å². The molecule has 1 aromatic heterocycles. The minimum Gasteiger partial charge on any atom is -0.294 e. The Kier molecular flexibility index (Phi) is 4.39. The molecule has 2 aromatic carbocycles. The minimum absolute atomic E-state index is 0.633. The second-order valence-electron chi connectivity index (χ2n) is 4.58. The van der Waals surface area contributed by atoms with Gasteiger partial charge in [-0.25, -0.2) is 0 Å². The standard InChI is InChI=1S/C17H13N3OS/c21-11-12-22-17-19-18-16(15-9-5-2-6-10-15)20(17)13-14-7-3-1-4-8-14/h1-11H,13H2. The topological polar surface area (TPSA) is 47.8 Å². The number of benzene rings is 2. The van der Waals surface area contributed by atoms with E-state index < -0.39 is 0 Å². The number of nitrogens with zero attached hydrogens (tertiary/aromatic N) is 3. The van der Waals surface area contributed by atoms with E-state index >= 15 is 0 Å². The third-order valence-corrected chi connectivity index (χ3v) is 3.83. The molecule has 0 spiro atoms. The predicted octanol–water partition coefficient (Wildman–Crippen LogP) is 3.24. The van der Waals surface area contributed by atoms with E-state index in [0.717, 1.165) is 28.1 Å². The molecule has 108 valence electrons. The van der Waals surface area contributed by atoms with Crippen molar-refractivity contribution in [3.63, 3.8) is 0 Å². The van der Waals surface area contributed by atoms with Crippen LogP contribution >= 0.6 is 11.2 Å². The summed E-state index contributed by atoms with van der Waals surface area (Å²) < 4.78 is 1.99. The van der Waals surface area contributed by atoms with Gasteiger partial charge in [-0.2, -0.15) is 0 Å². The molecule has 0 aliphatic heterocycles. The van der Waals surface area contributed by atoms with Crippen LogP contribution < -0.4 is 0 Å². The zero-order chi connectivity index (χ0) is 15.2. The number of hydrogen-bond donors (Lipinski definition) is 0. The molecule has 0 radical (unpaired) electrons. The monoisotopic (exact) mass is 307 g/mol. The van der Waals surface area contributed by atoms with Crippen LogP contribution in [0.4, 0.5) is 0 Å². The SMILES string of the molecule is O=CC#Sc1nnc(-c2ccccc2)n1Cc1ccccc1. The van der Waals surface area contributed by atoms with E-state index in [-0.39, 0.29) is 0 Å². The molecule has 0 N–H and O–H groups in total. The zero-order valence-corrected chi connectivity index (χ0v) is 12.5. The maximum Gasteiger partial charge on any atom is 0.220 e. The number of aldehydes is 1. The number of carbonyl (C=O) groups is 1. The Bertz CT molecular complexity index is 833. The summed E-state index contributed by atoms with van der Waals surface area (Å²) in [7, 11) is 0. The van der Waals surface area contributed by atoms with Crippen LogP contribution in [-0.4, -0.2) is 21.1 Å². The van der Waals surface area contributed by atoms with E-state index in [1.165, 1.54) is 0 Å². The maximum atomic E-state index is 10.5.